The van der Waals surface area contributed by atoms with Gasteiger partial charge in [-0.1, -0.05) is 32.9 Å². The minimum absolute atomic E-state index is 0.118. The first-order valence-corrected chi connectivity index (χ1v) is 6.61. The Bertz CT molecular complexity index is 404. The maximum absolute atomic E-state index is 9.15. The molecule has 2 heteroatoms. The molecule has 0 fully saturated rings. The normalized spacial score (nSPS) is 15.6. The van der Waals surface area contributed by atoms with Crippen LogP contribution < -0.4 is 5.73 Å². The van der Waals surface area contributed by atoms with Crippen molar-refractivity contribution in [3.63, 3.8) is 0 Å². The average Bonchev–Trinajstić information content (AvgIpc) is 2.13. The Balaban J connectivity index is 3.33. The molecule has 0 aliphatic carbocycles. The summed E-state index contributed by atoms with van der Waals surface area (Å²) in [6, 6.07) is 4.45. The molecule has 0 bridgehead atoms. The molecule has 102 valence electrons. The second-order valence-electron chi connectivity index (χ2n) is 6.63. The predicted octanol–water partition coefficient (Wildman–Crippen LogP) is 3.16. The van der Waals surface area contributed by atoms with Gasteiger partial charge in [0.05, 0.1) is 0 Å². The summed E-state index contributed by atoms with van der Waals surface area (Å²) in [5.74, 6) is 0. The van der Waals surface area contributed by atoms with Crippen LogP contribution in [0.1, 0.15) is 56.4 Å². The van der Waals surface area contributed by atoms with E-state index in [0.717, 1.165) is 0 Å². The number of nitrogens with two attached hydrogens (primary N) is 1. The summed E-state index contributed by atoms with van der Waals surface area (Å²) in [4.78, 5) is 0. The van der Waals surface area contributed by atoms with Crippen molar-refractivity contribution in [1.82, 2.24) is 0 Å². The van der Waals surface area contributed by atoms with Crippen LogP contribution in [-0.2, 0) is 11.0 Å². The van der Waals surface area contributed by atoms with Crippen LogP contribution in [0.4, 0.5) is 0 Å². The maximum atomic E-state index is 9.15. The van der Waals surface area contributed by atoms with Gasteiger partial charge in [-0.15, -0.1) is 0 Å². The number of hydrogen-bond acceptors (Lipinski definition) is 2. The molecule has 1 rings (SSSR count). The lowest BCUT2D eigenvalue weighted by Gasteiger charge is -2.30. The van der Waals surface area contributed by atoms with E-state index in [2.05, 4.69) is 46.8 Å². The van der Waals surface area contributed by atoms with E-state index in [-0.39, 0.29) is 12.0 Å². The third-order valence-electron chi connectivity index (χ3n) is 3.60. The van der Waals surface area contributed by atoms with Gasteiger partial charge in [-0.05, 0) is 54.9 Å². The van der Waals surface area contributed by atoms with Crippen molar-refractivity contribution in [3.05, 3.63) is 34.4 Å². The molecule has 0 radical (unpaired) electrons. The number of aryl methyl sites for hydroxylation is 2. The van der Waals surface area contributed by atoms with Crippen molar-refractivity contribution in [2.24, 2.45) is 5.73 Å². The van der Waals surface area contributed by atoms with Crippen LogP contribution in [0.3, 0.4) is 0 Å². The molecule has 0 aliphatic rings. The van der Waals surface area contributed by atoms with Crippen LogP contribution in [-0.4, -0.2) is 11.7 Å². The SMILES string of the molecule is Cc1cc(C(C)(C)C)cc(C)c1C(C)(N)CCO. The van der Waals surface area contributed by atoms with Crippen LogP contribution in [0.2, 0.25) is 0 Å². The first-order valence-electron chi connectivity index (χ1n) is 6.61. The molecule has 18 heavy (non-hydrogen) atoms. The summed E-state index contributed by atoms with van der Waals surface area (Å²) in [6.45, 7) is 13.0. The van der Waals surface area contributed by atoms with Gasteiger partial charge in [-0.25, -0.2) is 0 Å². The first-order chi connectivity index (χ1) is 8.09. The number of hydrogen-bond donors (Lipinski definition) is 2. The molecule has 0 saturated carbocycles. The molecule has 1 atom stereocenters. The topological polar surface area (TPSA) is 46.2 Å². The van der Waals surface area contributed by atoms with Crippen molar-refractivity contribution < 1.29 is 5.11 Å². The Morgan fingerprint density at radius 1 is 1.06 bits per heavy atom. The van der Waals surface area contributed by atoms with Crippen molar-refractivity contribution in [2.45, 2.75) is 58.9 Å². The molecule has 0 saturated heterocycles. The molecule has 1 unspecified atom stereocenters. The van der Waals surface area contributed by atoms with E-state index in [1.807, 2.05) is 6.92 Å². The summed E-state index contributed by atoms with van der Waals surface area (Å²) in [6.07, 6.45) is 0.587. The molecule has 2 nitrogen and oxygen atoms in total. The highest BCUT2D eigenvalue weighted by Gasteiger charge is 2.26. The van der Waals surface area contributed by atoms with Gasteiger partial charge in [0.25, 0.3) is 0 Å². The van der Waals surface area contributed by atoms with Crippen LogP contribution in [0.5, 0.6) is 0 Å². The molecule has 0 spiro atoms. The fraction of sp³-hybridized carbons (Fsp3) is 0.625. The molecule has 0 aromatic heterocycles. The van der Waals surface area contributed by atoms with E-state index in [0.29, 0.717) is 6.42 Å². The van der Waals surface area contributed by atoms with Crippen LogP contribution >= 0.6 is 0 Å². The third kappa shape index (κ3) is 3.12. The van der Waals surface area contributed by atoms with Gasteiger partial charge in [-0.3, -0.25) is 0 Å². The van der Waals surface area contributed by atoms with Gasteiger partial charge in [0.1, 0.15) is 0 Å². The molecule has 1 aromatic rings. The highest BCUT2D eigenvalue weighted by atomic mass is 16.3. The Morgan fingerprint density at radius 2 is 1.50 bits per heavy atom. The Labute approximate surface area is 111 Å². The van der Waals surface area contributed by atoms with Gasteiger partial charge in [0, 0.05) is 12.1 Å². The van der Waals surface area contributed by atoms with Gasteiger partial charge < -0.3 is 10.8 Å². The molecular formula is C16H27NO. The zero-order valence-electron chi connectivity index (χ0n) is 12.6. The number of benzene rings is 1. The lowest BCUT2D eigenvalue weighted by Crippen LogP contribution is -2.36. The number of aliphatic hydroxyl groups is 1. The minimum Gasteiger partial charge on any atom is -0.396 e. The standard InChI is InChI=1S/C16H27NO/c1-11-9-13(15(3,4)5)10-12(2)14(11)16(6,17)7-8-18/h9-10,18H,7-8,17H2,1-6H3. The zero-order valence-corrected chi connectivity index (χ0v) is 12.6. The van der Waals surface area contributed by atoms with Crippen molar-refractivity contribution >= 4 is 0 Å². The largest absolute Gasteiger partial charge is 0.396 e. The van der Waals surface area contributed by atoms with E-state index in [4.69, 9.17) is 10.8 Å². The van der Waals surface area contributed by atoms with Gasteiger partial charge in [0.15, 0.2) is 0 Å². The zero-order chi connectivity index (χ0) is 14.1. The van der Waals surface area contributed by atoms with Crippen molar-refractivity contribution in [1.29, 1.82) is 0 Å². The summed E-state index contributed by atoms with van der Waals surface area (Å²) in [7, 11) is 0. The first kappa shape index (κ1) is 15.2. The van der Waals surface area contributed by atoms with Crippen LogP contribution in [0, 0.1) is 13.8 Å². The minimum atomic E-state index is -0.459. The Morgan fingerprint density at radius 3 is 1.83 bits per heavy atom. The van der Waals surface area contributed by atoms with Gasteiger partial charge >= 0.3 is 0 Å². The Hall–Kier alpha value is -0.860. The molecule has 0 amide bonds. The number of rotatable bonds is 3. The van der Waals surface area contributed by atoms with E-state index >= 15 is 0 Å². The summed E-state index contributed by atoms with van der Waals surface area (Å²) in [5.41, 5.74) is 11.0. The van der Waals surface area contributed by atoms with Crippen molar-refractivity contribution in [2.75, 3.05) is 6.61 Å². The molecule has 0 aliphatic heterocycles. The highest BCUT2D eigenvalue weighted by molar-refractivity contribution is 5.44. The summed E-state index contributed by atoms with van der Waals surface area (Å²) in [5, 5.41) is 9.15. The highest BCUT2D eigenvalue weighted by Crippen LogP contribution is 2.32. The second-order valence-corrected chi connectivity index (χ2v) is 6.63. The quantitative estimate of drug-likeness (QED) is 0.864. The average molecular weight is 249 g/mol. The van der Waals surface area contributed by atoms with E-state index in [1.54, 1.807) is 0 Å². The van der Waals surface area contributed by atoms with Crippen LogP contribution in [0.25, 0.3) is 0 Å². The monoisotopic (exact) mass is 249 g/mol. The smallest absolute Gasteiger partial charge is 0.0451 e. The second kappa shape index (κ2) is 5.02. The van der Waals surface area contributed by atoms with Crippen LogP contribution in [0.15, 0.2) is 12.1 Å². The van der Waals surface area contributed by atoms with E-state index in [1.165, 1.54) is 22.3 Å². The molecule has 1 aromatic carbocycles. The fourth-order valence-electron chi connectivity index (χ4n) is 2.65. The molecule has 0 heterocycles. The van der Waals surface area contributed by atoms with E-state index in [9.17, 15) is 0 Å². The predicted molar refractivity (Wildman–Crippen MR) is 77.9 cm³/mol. The summed E-state index contributed by atoms with van der Waals surface area (Å²) < 4.78 is 0. The Kier molecular flexibility index (Phi) is 4.24. The lowest BCUT2D eigenvalue weighted by atomic mass is 9.78. The number of aliphatic hydroxyl groups excluding tert-OH is 1. The van der Waals surface area contributed by atoms with Gasteiger partial charge in [-0.2, -0.15) is 0 Å². The molecular weight excluding hydrogens is 222 g/mol. The van der Waals surface area contributed by atoms with Gasteiger partial charge in [0.2, 0.25) is 0 Å². The van der Waals surface area contributed by atoms with Crippen molar-refractivity contribution in [3.8, 4) is 0 Å². The third-order valence-corrected chi connectivity index (χ3v) is 3.60. The molecule has 3 N–H and O–H groups in total. The van der Waals surface area contributed by atoms with E-state index < -0.39 is 5.54 Å². The lowest BCUT2D eigenvalue weighted by molar-refractivity contribution is 0.246. The summed E-state index contributed by atoms with van der Waals surface area (Å²) >= 11 is 0. The fourth-order valence-corrected chi connectivity index (χ4v) is 2.65. The maximum Gasteiger partial charge on any atom is 0.0451 e.